The molecule has 0 N–H and O–H groups in total. The van der Waals surface area contributed by atoms with Crippen molar-refractivity contribution >= 4 is 39.9 Å². The normalized spacial score (nSPS) is 10.9. The third-order valence-corrected chi connectivity index (χ3v) is 4.90. The zero-order valence-corrected chi connectivity index (χ0v) is 18.0. The lowest BCUT2D eigenvalue weighted by Gasteiger charge is -2.23. The van der Waals surface area contributed by atoms with Crippen LogP contribution in [0.1, 0.15) is 31.1 Å². The summed E-state index contributed by atoms with van der Waals surface area (Å²) in [6, 6.07) is 14.8. The molecule has 0 unspecified atom stereocenters. The average molecular weight is 431 g/mol. The van der Waals surface area contributed by atoms with Gasteiger partial charge in [0.25, 0.3) is 5.91 Å². The summed E-state index contributed by atoms with van der Waals surface area (Å²) in [5.41, 5.74) is 2.72. The van der Waals surface area contributed by atoms with Crippen LogP contribution >= 0.6 is 0 Å². The Morgan fingerprint density at radius 3 is 2.53 bits per heavy atom. The Bertz CT molecular complexity index is 1370. The van der Waals surface area contributed by atoms with Gasteiger partial charge in [-0.3, -0.25) is 9.69 Å². The van der Waals surface area contributed by atoms with Crippen molar-refractivity contribution in [1.29, 1.82) is 0 Å². The lowest BCUT2D eigenvalue weighted by atomic mass is 10.1. The summed E-state index contributed by atoms with van der Waals surface area (Å²) in [5.74, 6) is -1.31. The quantitative estimate of drug-likeness (QED) is 0.312. The number of hydrogen-bond donors (Lipinski definition) is 0. The standard InChI is InChI=1S/C25H22FN3O3/c1-4-32-25(31)17-9-7-12-20-23(17)27-24(21-13-8-14-28(20)21)29(22(30)15-16(2)3)19-11-6-5-10-18(19)26/h5-15H,4H2,1-3H3. The van der Waals surface area contributed by atoms with Crippen molar-refractivity contribution in [3.8, 4) is 0 Å². The Kier molecular flexibility index (Phi) is 5.73. The molecule has 1 amide bonds. The minimum absolute atomic E-state index is 0.0681. The van der Waals surface area contributed by atoms with Crippen molar-refractivity contribution < 1.29 is 18.7 Å². The van der Waals surface area contributed by atoms with Gasteiger partial charge in [0, 0.05) is 12.3 Å². The number of amides is 1. The average Bonchev–Trinajstić information content (AvgIpc) is 3.25. The van der Waals surface area contributed by atoms with Crippen molar-refractivity contribution in [2.75, 3.05) is 11.5 Å². The van der Waals surface area contributed by atoms with Gasteiger partial charge in [0.1, 0.15) is 11.3 Å². The van der Waals surface area contributed by atoms with Crippen LogP contribution in [0.4, 0.5) is 15.9 Å². The minimum atomic E-state index is -0.562. The predicted octanol–water partition coefficient (Wildman–Crippen LogP) is 5.43. The van der Waals surface area contributed by atoms with Crippen LogP contribution in [-0.2, 0) is 9.53 Å². The van der Waals surface area contributed by atoms with Crippen LogP contribution < -0.4 is 4.90 Å². The van der Waals surface area contributed by atoms with Crippen molar-refractivity contribution in [1.82, 2.24) is 9.38 Å². The van der Waals surface area contributed by atoms with Crippen LogP contribution in [0.2, 0.25) is 0 Å². The van der Waals surface area contributed by atoms with Gasteiger partial charge in [-0.05, 0) is 57.2 Å². The first-order valence-corrected chi connectivity index (χ1v) is 10.2. The molecule has 4 aromatic rings. The lowest BCUT2D eigenvalue weighted by molar-refractivity contribution is -0.113. The van der Waals surface area contributed by atoms with E-state index in [-0.39, 0.29) is 23.7 Å². The fourth-order valence-electron chi connectivity index (χ4n) is 3.60. The molecule has 0 aliphatic carbocycles. The lowest BCUT2D eigenvalue weighted by Crippen LogP contribution is -2.27. The summed E-state index contributed by atoms with van der Waals surface area (Å²) in [4.78, 5) is 31.8. The first-order chi connectivity index (χ1) is 15.4. The number of aromatic nitrogens is 2. The summed E-state index contributed by atoms with van der Waals surface area (Å²) in [5, 5.41) is 0. The van der Waals surface area contributed by atoms with Gasteiger partial charge in [0.05, 0.1) is 28.9 Å². The number of carbonyl (C=O) groups is 2. The molecule has 4 rings (SSSR count). The number of benzene rings is 2. The van der Waals surface area contributed by atoms with E-state index in [1.807, 2.05) is 22.7 Å². The van der Waals surface area contributed by atoms with Crippen molar-refractivity contribution in [2.45, 2.75) is 20.8 Å². The Morgan fingerprint density at radius 1 is 1.06 bits per heavy atom. The Morgan fingerprint density at radius 2 is 1.81 bits per heavy atom. The van der Waals surface area contributed by atoms with E-state index >= 15 is 0 Å². The van der Waals surface area contributed by atoms with Crippen LogP contribution in [0.25, 0.3) is 16.6 Å². The Balaban J connectivity index is 2.07. The van der Waals surface area contributed by atoms with E-state index in [2.05, 4.69) is 0 Å². The molecule has 162 valence electrons. The van der Waals surface area contributed by atoms with E-state index in [0.29, 0.717) is 16.6 Å². The number of ether oxygens (including phenoxy) is 1. The third kappa shape index (κ3) is 3.73. The van der Waals surface area contributed by atoms with Crippen molar-refractivity contribution in [3.05, 3.63) is 83.8 Å². The molecule has 2 heterocycles. The smallest absolute Gasteiger partial charge is 0.340 e. The largest absolute Gasteiger partial charge is 0.462 e. The van der Waals surface area contributed by atoms with E-state index < -0.39 is 17.7 Å². The van der Waals surface area contributed by atoms with E-state index in [9.17, 15) is 14.0 Å². The molecule has 6 nitrogen and oxygen atoms in total. The first kappa shape index (κ1) is 21.2. The second-order valence-corrected chi connectivity index (χ2v) is 7.44. The van der Waals surface area contributed by atoms with Gasteiger partial charge in [-0.2, -0.15) is 0 Å². The van der Waals surface area contributed by atoms with Crippen molar-refractivity contribution in [2.24, 2.45) is 0 Å². The van der Waals surface area contributed by atoms with Crippen LogP contribution in [-0.4, -0.2) is 27.9 Å². The number of hydrogen-bond acceptors (Lipinski definition) is 4. The first-order valence-electron chi connectivity index (χ1n) is 10.2. The monoisotopic (exact) mass is 431 g/mol. The highest BCUT2D eigenvalue weighted by atomic mass is 19.1. The van der Waals surface area contributed by atoms with Gasteiger partial charge in [-0.1, -0.05) is 23.8 Å². The highest BCUT2D eigenvalue weighted by molar-refractivity contribution is 6.11. The highest BCUT2D eigenvalue weighted by Crippen LogP contribution is 2.33. The molecular formula is C25H22FN3O3. The number of halogens is 1. The summed E-state index contributed by atoms with van der Waals surface area (Å²) < 4.78 is 21.9. The fraction of sp³-hybridized carbons (Fsp3) is 0.160. The number of nitrogens with zero attached hydrogens (tertiary/aromatic N) is 3. The maximum absolute atomic E-state index is 14.8. The fourth-order valence-corrected chi connectivity index (χ4v) is 3.60. The zero-order valence-electron chi connectivity index (χ0n) is 18.0. The molecule has 2 aromatic heterocycles. The number of anilines is 2. The maximum Gasteiger partial charge on any atom is 0.340 e. The summed E-state index contributed by atoms with van der Waals surface area (Å²) in [6.07, 6.45) is 3.23. The topological polar surface area (TPSA) is 63.9 Å². The molecule has 2 aromatic carbocycles. The molecule has 0 fully saturated rings. The third-order valence-electron chi connectivity index (χ3n) is 4.90. The zero-order chi connectivity index (χ0) is 22.8. The number of esters is 1. The van der Waals surface area contributed by atoms with Crippen molar-refractivity contribution in [3.63, 3.8) is 0 Å². The van der Waals surface area contributed by atoms with Gasteiger partial charge in [-0.25, -0.2) is 14.2 Å². The Hall–Kier alpha value is -4.00. The maximum atomic E-state index is 14.8. The van der Waals surface area contributed by atoms with E-state index in [1.54, 1.807) is 51.1 Å². The summed E-state index contributed by atoms with van der Waals surface area (Å²) in [7, 11) is 0. The molecule has 7 heteroatoms. The highest BCUT2D eigenvalue weighted by Gasteiger charge is 2.25. The van der Waals surface area contributed by atoms with E-state index in [4.69, 9.17) is 9.72 Å². The number of fused-ring (bicyclic) bond motifs is 3. The van der Waals surface area contributed by atoms with E-state index in [0.717, 1.165) is 5.57 Å². The molecule has 0 spiro atoms. The van der Waals surface area contributed by atoms with Gasteiger partial charge in [0.2, 0.25) is 0 Å². The molecule has 0 aliphatic rings. The SMILES string of the molecule is CCOC(=O)c1cccc2c1nc(N(C(=O)C=C(C)C)c1ccccc1F)c1cccn12. The molecule has 0 atom stereocenters. The van der Waals surface area contributed by atoms with Gasteiger partial charge in [0.15, 0.2) is 5.82 Å². The van der Waals surface area contributed by atoms with Gasteiger partial charge < -0.3 is 9.14 Å². The second-order valence-electron chi connectivity index (χ2n) is 7.44. The molecule has 32 heavy (non-hydrogen) atoms. The number of para-hydroxylation sites is 2. The molecular weight excluding hydrogens is 409 g/mol. The number of carbonyl (C=O) groups excluding carboxylic acids is 2. The summed E-state index contributed by atoms with van der Waals surface area (Å²) >= 11 is 0. The van der Waals surface area contributed by atoms with E-state index in [1.165, 1.54) is 23.1 Å². The molecule has 0 saturated carbocycles. The van der Waals surface area contributed by atoms with Gasteiger partial charge >= 0.3 is 5.97 Å². The van der Waals surface area contributed by atoms with Crippen LogP contribution in [0.15, 0.2) is 72.4 Å². The van der Waals surface area contributed by atoms with Crippen LogP contribution in [0.3, 0.4) is 0 Å². The van der Waals surface area contributed by atoms with Crippen LogP contribution in [0.5, 0.6) is 0 Å². The predicted molar refractivity (Wildman–Crippen MR) is 122 cm³/mol. The number of allylic oxidation sites excluding steroid dienone is 1. The number of rotatable bonds is 5. The van der Waals surface area contributed by atoms with Gasteiger partial charge in [-0.15, -0.1) is 0 Å². The molecule has 0 aliphatic heterocycles. The van der Waals surface area contributed by atoms with Crippen LogP contribution in [0, 0.1) is 5.82 Å². The molecule has 0 bridgehead atoms. The molecule has 0 radical (unpaired) electrons. The Labute approximate surface area is 184 Å². The molecule has 0 saturated heterocycles. The second kappa shape index (κ2) is 8.63. The summed E-state index contributed by atoms with van der Waals surface area (Å²) in [6.45, 7) is 5.52. The minimum Gasteiger partial charge on any atom is -0.462 e.